The van der Waals surface area contributed by atoms with E-state index in [1.807, 2.05) is 0 Å². The average molecular weight is 173 g/mol. The summed E-state index contributed by atoms with van der Waals surface area (Å²) < 4.78 is 5.63. The number of ether oxygens (including phenoxy) is 1. The Morgan fingerprint density at radius 2 is 2.00 bits per heavy atom. The second-order valence-corrected chi connectivity index (χ2v) is 3.54. The van der Waals surface area contributed by atoms with Gasteiger partial charge in [0.15, 0.2) is 0 Å². The molecular weight excluding hydrogens is 158 g/mol. The summed E-state index contributed by atoms with van der Waals surface area (Å²) in [6.07, 6.45) is 5.56. The Hall–Kier alpha value is -0.160. The molecular formula is C8H15NO3. The lowest BCUT2D eigenvalue weighted by atomic mass is 9.92. The maximum Gasteiger partial charge on any atom is 0.147 e. The van der Waals surface area contributed by atoms with Gasteiger partial charge in [0.05, 0.1) is 13.2 Å². The van der Waals surface area contributed by atoms with E-state index >= 15 is 0 Å². The fourth-order valence-electron chi connectivity index (χ4n) is 2.21. The maximum atomic E-state index is 8.63. The van der Waals surface area contributed by atoms with Gasteiger partial charge in [-0.15, -0.1) is 10.1 Å². The largest absolute Gasteiger partial charge is 0.357 e. The Bertz CT molecular complexity index is 156. The normalized spacial score (nSPS) is 29.8. The zero-order valence-electron chi connectivity index (χ0n) is 7.16. The van der Waals surface area contributed by atoms with Crippen LogP contribution in [0.2, 0.25) is 0 Å². The first-order chi connectivity index (χ1) is 5.87. The van der Waals surface area contributed by atoms with Gasteiger partial charge in [-0.3, -0.25) is 0 Å². The van der Waals surface area contributed by atoms with Gasteiger partial charge in [-0.05, 0) is 25.7 Å². The highest BCUT2D eigenvalue weighted by molar-refractivity contribution is 4.84. The predicted octanol–water partition coefficient (Wildman–Crippen LogP) is 1.38. The fraction of sp³-hybridized carbons (Fsp3) is 1.00. The highest BCUT2D eigenvalue weighted by Gasteiger charge is 2.44. The van der Waals surface area contributed by atoms with E-state index in [0.29, 0.717) is 13.2 Å². The molecule has 2 fully saturated rings. The van der Waals surface area contributed by atoms with Crippen molar-refractivity contribution in [2.45, 2.75) is 37.8 Å². The Balaban J connectivity index is 2.05. The lowest BCUT2D eigenvalue weighted by molar-refractivity contribution is -0.435. The second-order valence-electron chi connectivity index (χ2n) is 3.54. The van der Waals surface area contributed by atoms with Gasteiger partial charge in [-0.25, -0.2) is 5.26 Å². The van der Waals surface area contributed by atoms with Crippen LogP contribution in [0.1, 0.15) is 32.1 Å². The van der Waals surface area contributed by atoms with Gasteiger partial charge in [0.25, 0.3) is 0 Å². The Labute approximate surface area is 71.9 Å². The minimum absolute atomic E-state index is 0.299. The zero-order chi connectivity index (χ0) is 8.44. The summed E-state index contributed by atoms with van der Waals surface area (Å²) in [6, 6.07) is 0. The van der Waals surface area contributed by atoms with E-state index < -0.39 is 0 Å². The van der Waals surface area contributed by atoms with Gasteiger partial charge in [0, 0.05) is 0 Å². The van der Waals surface area contributed by atoms with Crippen LogP contribution in [-0.4, -0.2) is 29.2 Å². The molecule has 4 nitrogen and oxygen atoms in total. The van der Waals surface area contributed by atoms with Crippen molar-refractivity contribution in [3.63, 3.8) is 0 Å². The Morgan fingerprint density at radius 3 is 2.67 bits per heavy atom. The summed E-state index contributed by atoms with van der Waals surface area (Å²) in [6.45, 7) is 1.34. The number of rotatable bonds is 1. The molecule has 1 aliphatic heterocycles. The van der Waals surface area contributed by atoms with Crippen LogP contribution in [0, 0.1) is 0 Å². The van der Waals surface area contributed by atoms with Gasteiger partial charge in [0.1, 0.15) is 5.72 Å². The molecule has 0 atom stereocenters. The van der Waals surface area contributed by atoms with Crippen LogP contribution in [0.5, 0.6) is 0 Å². The third-order valence-corrected chi connectivity index (χ3v) is 2.85. The molecule has 2 rings (SSSR count). The molecule has 12 heavy (non-hydrogen) atoms. The lowest BCUT2D eigenvalue weighted by Gasteiger charge is -2.36. The van der Waals surface area contributed by atoms with E-state index in [0.717, 1.165) is 12.8 Å². The number of hydrogen-bond donors (Lipinski definition) is 1. The first-order valence-electron chi connectivity index (χ1n) is 4.60. The molecule has 0 bridgehead atoms. The maximum absolute atomic E-state index is 8.63. The van der Waals surface area contributed by atoms with Crippen LogP contribution < -0.4 is 0 Å². The van der Waals surface area contributed by atoms with Crippen molar-refractivity contribution in [1.29, 1.82) is 0 Å². The molecule has 2 aliphatic rings. The molecule has 70 valence electrons. The second kappa shape index (κ2) is 3.30. The van der Waals surface area contributed by atoms with Crippen molar-refractivity contribution in [3.05, 3.63) is 0 Å². The summed E-state index contributed by atoms with van der Waals surface area (Å²) in [7, 11) is 0. The molecule has 1 spiro atoms. The lowest BCUT2D eigenvalue weighted by Crippen LogP contribution is -2.45. The molecule has 1 saturated carbocycles. The fourth-order valence-corrected chi connectivity index (χ4v) is 2.21. The van der Waals surface area contributed by atoms with Crippen molar-refractivity contribution in [3.8, 4) is 0 Å². The Kier molecular flexibility index (Phi) is 2.32. The number of nitrogens with zero attached hydrogens (tertiary/aromatic N) is 1. The molecule has 0 aromatic rings. The minimum Gasteiger partial charge on any atom is -0.357 e. The van der Waals surface area contributed by atoms with Gasteiger partial charge < -0.3 is 4.74 Å². The molecule has 1 saturated heterocycles. The van der Waals surface area contributed by atoms with Crippen LogP contribution in [0.3, 0.4) is 0 Å². The SMILES string of the molecule is OON1CCOC12CCCCC2. The summed E-state index contributed by atoms with van der Waals surface area (Å²) >= 11 is 0. The first-order valence-corrected chi connectivity index (χ1v) is 4.60. The summed E-state index contributed by atoms with van der Waals surface area (Å²) in [5.41, 5.74) is -0.299. The molecule has 0 amide bonds. The van der Waals surface area contributed by atoms with Crippen molar-refractivity contribution < 1.29 is 15.0 Å². The molecule has 0 aromatic carbocycles. The molecule has 0 unspecified atom stereocenters. The zero-order valence-corrected chi connectivity index (χ0v) is 7.16. The van der Waals surface area contributed by atoms with Crippen molar-refractivity contribution in [2.24, 2.45) is 0 Å². The summed E-state index contributed by atoms with van der Waals surface area (Å²) in [5, 5.41) is 10.2. The van der Waals surface area contributed by atoms with Gasteiger partial charge in [-0.1, -0.05) is 6.42 Å². The molecule has 1 heterocycles. The first kappa shape index (κ1) is 8.44. The van der Waals surface area contributed by atoms with E-state index in [2.05, 4.69) is 4.99 Å². The van der Waals surface area contributed by atoms with Gasteiger partial charge in [-0.2, -0.15) is 0 Å². The third-order valence-electron chi connectivity index (χ3n) is 2.85. The van der Waals surface area contributed by atoms with E-state index in [1.54, 1.807) is 5.06 Å². The van der Waals surface area contributed by atoms with E-state index in [4.69, 9.17) is 9.99 Å². The molecule has 1 N–H and O–H groups in total. The quantitative estimate of drug-likeness (QED) is 0.480. The number of hydrogen-bond acceptors (Lipinski definition) is 4. The molecule has 4 heteroatoms. The van der Waals surface area contributed by atoms with Gasteiger partial charge >= 0.3 is 0 Å². The van der Waals surface area contributed by atoms with E-state index in [-0.39, 0.29) is 5.72 Å². The highest BCUT2D eigenvalue weighted by Crippen LogP contribution is 2.37. The topological polar surface area (TPSA) is 41.9 Å². The van der Waals surface area contributed by atoms with Crippen molar-refractivity contribution in [1.82, 2.24) is 5.06 Å². The summed E-state index contributed by atoms with van der Waals surface area (Å²) in [4.78, 5) is 4.31. The predicted molar refractivity (Wildman–Crippen MR) is 42.2 cm³/mol. The number of hydroxylamine groups is 2. The molecule has 1 aliphatic carbocycles. The summed E-state index contributed by atoms with van der Waals surface area (Å²) in [5.74, 6) is 0. The molecule has 0 aromatic heterocycles. The third kappa shape index (κ3) is 1.25. The van der Waals surface area contributed by atoms with Crippen LogP contribution >= 0.6 is 0 Å². The monoisotopic (exact) mass is 173 g/mol. The van der Waals surface area contributed by atoms with E-state index in [1.165, 1.54) is 19.3 Å². The van der Waals surface area contributed by atoms with E-state index in [9.17, 15) is 0 Å². The van der Waals surface area contributed by atoms with Crippen LogP contribution in [0.4, 0.5) is 0 Å². The average Bonchev–Trinajstić information content (AvgIpc) is 2.49. The minimum atomic E-state index is -0.299. The van der Waals surface area contributed by atoms with Gasteiger partial charge in [0.2, 0.25) is 0 Å². The van der Waals surface area contributed by atoms with Crippen molar-refractivity contribution in [2.75, 3.05) is 13.2 Å². The standard InChI is InChI=1S/C8H15NO3/c10-12-9-6-7-11-8(9)4-2-1-3-5-8/h10H,1-7H2. The smallest absolute Gasteiger partial charge is 0.147 e. The Morgan fingerprint density at radius 1 is 1.25 bits per heavy atom. The van der Waals surface area contributed by atoms with Crippen LogP contribution in [0.25, 0.3) is 0 Å². The molecule has 0 radical (unpaired) electrons. The highest BCUT2D eigenvalue weighted by atomic mass is 17.2. The van der Waals surface area contributed by atoms with Crippen LogP contribution in [0.15, 0.2) is 0 Å². The van der Waals surface area contributed by atoms with Crippen LogP contribution in [-0.2, 0) is 9.73 Å². The van der Waals surface area contributed by atoms with Crippen molar-refractivity contribution >= 4 is 0 Å².